The number of carbonyl (C=O) groups excluding carboxylic acids is 1. The van der Waals surface area contributed by atoms with Crippen LogP contribution in [-0.2, 0) is 14.3 Å². The lowest BCUT2D eigenvalue weighted by atomic mass is 10.2. The molecule has 2 N–H and O–H groups in total. The molecule has 1 aromatic carbocycles. The third-order valence-corrected chi connectivity index (χ3v) is 3.01. The van der Waals surface area contributed by atoms with Crippen molar-refractivity contribution >= 4 is 5.97 Å². The van der Waals surface area contributed by atoms with E-state index in [2.05, 4.69) is 0 Å². The Kier molecular flexibility index (Phi) is 4.76. The molecule has 1 aliphatic heterocycles. The van der Waals surface area contributed by atoms with Gasteiger partial charge in [-0.15, -0.1) is 0 Å². The number of ether oxygens (including phenoxy) is 3. The zero-order valence-corrected chi connectivity index (χ0v) is 11.0. The lowest BCUT2D eigenvalue weighted by Gasteiger charge is -2.24. The Balaban J connectivity index is 2.03. The second-order valence-corrected chi connectivity index (χ2v) is 4.58. The zero-order chi connectivity index (χ0) is 13.7. The first-order valence-electron chi connectivity index (χ1n) is 6.42. The molecule has 5 heteroatoms. The Morgan fingerprint density at radius 3 is 2.79 bits per heavy atom. The highest BCUT2D eigenvalue weighted by molar-refractivity contribution is 5.75. The molecular weight excluding hydrogens is 246 g/mol. The summed E-state index contributed by atoms with van der Waals surface area (Å²) in [5.41, 5.74) is 5.68. The van der Waals surface area contributed by atoms with Gasteiger partial charge < -0.3 is 19.9 Å². The van der Waals surface area contributed by atoms with Gasteiger partial charge in [-0.1, -0.05) is 18.2 Å². The predicted octanol–water partition coefficient (Wildman–Crippen LogP) is 1.11. The molecule has 0 bridgehead atoms. The van der Waals surface area contributed by atoms with Crippen LogP contribution in [0.15, 0.2) is 30.3 Å². The molecule has 0 aromatic heterocycles. The second kappa shape index (κ2) is 6.54. The molecule has 0 saturated carbocycles. The summed E-state index contributed by atoms with van der Waals surface area (Å²) >= 11 is 0. The van der Waals surface area contributed by atoms with Gasteiger partial charge in [0.15, 0.2) is 6.10 Å². The number of benzene rings is 1. The van der Waals surface area contributed by atoms with Gasteiger partial charge in [-0.3, -0.25) is 4.79 Å². The van der Waals surface area contributed by atoms with Crippen molar-refractivity contribution in [1.82, 2.24) is 0 Å². The predicted molar refractivity (Wildman–Crippen MR) is 69.8 cm³/mol. The van der Waals surface area contributed by atoms with Gasteiger partial charge in [0, 0.05) is 6.61 Å². The molecular formula is C14H19NO4. The molecule has 1 fully saturated rings. The molecule has 3 atom stereocenters. The van der Waals surface area contributed by atoms with Crippen molar-refractivity contribution in [3.63, 3.8) is 0 Å². The number of para-hydroxylation sites is 1. The van der Waals surface area contributed by atoms with E-state index >= 15 is 0 Å². The van der Waals surface area contributed by atoms with Crippen molar-refractivity contribution in [3.8, 4) is 5.75 Å². The molecule has 19 heavy (non-hydrogen) atoms. The molecule has 0 spiro atoms. The first kappa shape index (κ1) is 13.8. The topological polar surface area (TPSA) is 70.8 Å². The normalized spacial score (nSPS) is 28.7. The number of hydrogen-bond acceptors (Lipinski definition) is 5. The van der Waals surface area contributed by atoms with Crippen molar-refractivity contribution in [2.75, 3.05) is 13.2 Å². The highest BCUT2D eigenvalue weighted by atomic mass is 16.6. The number of carbonyl (C=O) groups is 1. The van der Waals surface area contributed by atoms with E-state index in [1.807, 2.05) is 30.3 Å². The Hall–Kier alpha value is -1.59. The maximum absolute atomic E-state index is 11.7. The molecule has 0 aliphatic carbocycles. The number of nitrogens with two attached hydrogens (primary N) is 1. The molecule has 1 saturated heterocycles. The summed E-state index contributed by atoms with van der Waals surface area (Å²) in [6.45, 7) is 2.58. The molecule has 5 nitrogen and oxygen atoms in total. The molecule has 104 valence electrons. The summed E-state index contributed by atoms with van der Waals surface area (Å²) in [5, 5.41) is 0. The number of esters is 1. The first-order chi connectivity index (χ1) is 9.16. The maximum Gasteiger partial charge on any atom is 0.323 e. The standard InChI is InChI=1S/C14H19NO4/c1-10-13(19-11-5-3-2-4-6-11)9-17-8-7-12(15)14(16)18-10/h2-6,10,12-13H,7-9,15H2,1H3/t10-,12-,13+/m0/s1. The fourth-order valence-corrected chi connectivity index (χ4v) is 1.81. The first-order valence-corrected chi connectivity index (χ1v) is 6.42. The molecule has 2 rings (SSSR count). The number of hydrogen-bond donors (Lipinski definition) is 1. The van der Waals surface area contributed by atoms with Crippen LogP contribution < -0.4 is 10.5 Å². The van der Waals surface area contributed by atoms with Crippen LogP contribution >= 0.6 is 0 Å². The molecule has 1 aromatic rings. The van der Waals surface area contributed by atoms with Crippen LogP contribution in [0.3, 0.4) is 0 Å². The zero-order valence-electron chi connectivity index (χ0n) is 11.0. The van der Waals surface area contributed by atoms with E-state index in [1.165, 1.54) is 0 Å². The van der Waals surface area contributed by atoms with E-state index in [1.54, 1.807) is 6.92 Å². The Morgan fingerprint density at radius 1 is 1.32 bits per heavy atom. The van der Waals surface area contributed by atoms with Crippen molar-refractivity contribution in [3.05, 3.63) is 30.3 Å². The maximum atomic E-state index is 11.7. The third-order valence-electron chi connectivity index (χ3n) is 3.01. The van der Waals surface area contributed by atoms with Gasteiger partial charge in [0.2, 0.25) is 0 Å². The molecule has 1 aliphatic rings. The van der Waals surface area contributed by atoms with Crippen molar-refractivity contribution in [1.29, 1.82) is 0 Å². The van der Waals surface area contributed by atoms with Gasteiger partial charge in [0.1, 0.15) is 17.9 Å². The third kappa shape index (κ3) is 3.94. The van der Waals surface area contributed by atoms with E-state index in [-0.39, 0.29) is 6.10 Å². The van der Waals surface area contributed by atoms with Crippen molar-refractivity contribution in [2.24, 2.45) is 5.73 Å². The highest BCUT2D eigenvalue weighted by Crippen LogP contribution is 2.16. The monoisotopic (exact) mass is 265 g/mol. The lowest BCUT2D eigenvalue weighted by Crippen LogP contribution is -2.40. The Morgan fingerprint density at radius 2 is 2.05 bits per heavy atom. The SMILES string of the molecule is C[C@@H]1OC(=O)[C@@H](N)CCOC[C@H]1Oc1ccccc1. The van der Waals surface area contributed by atoms with E-state index in [9.17, 15) is 4.79 Å². The van der Waals surface area contributed by atoms with Gasteiger partial charge in [-0.05, 0) is 25.5 Å². The van der Waals surface area contributed by atoms with E-state index < -0.39 is 18.1 Å². The fourth-order valence-electron chi connectivity index (χ4n) is 1.81. The van der Waals surface area contributed by atoms with Gasteiger partial charge in [-0.25, -0.2) is 0 Å². The average molecular weight is 265 g/mol. The average Bonchev–Trinajstić information content (AvgIpc) is 2.46. The van der Waals surface area contributed by atoms with Crippen LogP contribution in [0, 0.1) is 0 Å². The minimum Gasteiger partial charge on any atom is -0.484 e. The van der Waals surface area contributed by atoms with Crippen LogP contribution in [-0.4, -0.2) is 37.4 Å². The fraction of sp³-hybridized carbons (Fsp3) is 0.500. The molecule has 1 heterocycles. The van der Waals surface area contributed by atoms with Crippen molar-refractivity contribution in [2.45, 2.75) is 31.6 Å². The van der Waals surface area contributed by atoms with Crippen LogP contribution in [0.2, 0.25) is 0 Å². The highest BCUT2D eigenvalue weighted by Gasteiger charge is 2.27. The summed E-state index contributed by atoms with van der Waals surface area (Å²) in [6, 6.07) is 8.77. The summed E-state index contributed by atoms with van der Waals surface area (Å²) in [7, 11) is 0. The van der Waals surface area contributed by atoms with Gasteiger partial charge >= 0.3 is 5.97 Å². The lowest BCUT2D eigenvalue weighted by molar-refractivity contribution is -0.154. The smallest absolute Gasteiger partial charge is 0.323 e. The second-order valence-electron chi connectivity index (χ2n) is 4.58. The molecule has 0 radical (unpaired) electrons. The van der Waals surface area contributed by atoms with Crippen LogP contribution in [0.5, 0.6) is 5.75 Å². The van der Waals surface area contributed by atoms with E-state index in [0.29, 0.717) is 19.6 Å². The van der Waals surface area contributed by atoms with Crippen molar-refractivity contribution < 1.29 is 19.0 Å². The summed E-state index contributed by atoms with van der Waals surface area (Å²) < 4.78 is 16.6. The molecule has 0 amide bonds. The quantitative estimate of drug-likeness (QED) is 0.811. The van der Waals surface area contributed by atoms with E-state index in [4.69, 9.17) is 19.9 Å². The minimum absolute atomic E-state index is 0.336. The van der Waals surface area contributed by atoms with Crippen LogP contribution in [0.4, 0.5) is 0 Å². The Labute approximate surface area is 112 Å². The molecule has 0 unspecified atom stereocenters. The minimum atomic E-state index is -0.627. The van der Waals surface area contributed by atoms with Gasteiger partial charge in [0.25, 0.3) is 0 Å². The van der Waals surface area contributed by atoms with Crippen LogP contribution in [0.25, 0.3) is 0 Å². The van der Waals surface area contributed by atoms with Gasteiger partial charge in [0.05, 0.1) is 6.61 Å². The summed E-state index contributed by atoms with van der Waals surface area (Å²) in [6.07, 6.45) is -0.280. The van der Waals surface area contributed by atoms with Crippen LogP contribution in [0.1, 0.15) is 13.3 Å². The number of rotatable bonds is 2. The summed E-state index contributed by atoms with van der Waals surface area (Å²) in [5.74, 6) is 0.321. The Bertz CT molecular complexity index is 409. The number of cyclic esters (lactones) is 1. The largest absolute Gasteiger partial charge is 0.484 e. The van der Waals surface area contributed by atoms with E-state index in [0.717, 1.165) is 5.75 Å². The summed E-state index contributed by atoms with van der Waals surface area (Å²) in [4.78, 5) is 11.7. The van der Waals surface area contributed by atoms with Gasteiger partial charge in [-0.2, -0.15) is 0 Å².